The summed E-state index contributed by atoms with van der Waals surface area (Å²) >= 11 is 9.58. The van der Waals surface area contributed by atoms with Crippen molar-refractivity contribution in [2.24, 2.45) is 0 Å². The Balaban J connectivity index is 1.93. The molecule has 0 saturated carbocycles. The fourth-order valence-corrected chi connectivity index (χ4v) is 5.79. The Morgan fingerprint density at radius 2 is 2.07 bits per heavy atom. The molecule has 4 rings (SSSR count). The van der Waals surface area contributed by atoms with Gasteiger partial charge in [-0.3, -0.25) is 0 Å². The first-order chi connectivity index (χ1) is 13.4. The molecule has 3 aromatic rings. The fourth-order valence-electron chi connectivity index (χ4n) is 3.77. The van der Waals surface area contributed by atoms with E-state index in [2.05, 4.69) is 33.1 Å². The van der Waals surface area contributed by atoms with Crippen molar-refractivity contribution in [2.75, 3.05) is 24.5 Å². The highest BCUT2D eigenvalue weighted by Gasteiger charge is 2.27. The second-order valence-corrected chi connectivity index (χ2v) is 10.1. The van der Waals surface area contributed by atoms with Gasteiger partial charge < -0.3 is 10.2 Å². The van der Waals surface area contributed by atoms with E-state index in [1.54, 1.807) is 24.4 Å². The minimum Gasteiger partial charge on any atom is -0.364 e. The molecule has 1 unspecified atom stereocenters. The maximum atomic E-state index is 13.4. The molecular weight excluding hydrogens is 462 g/mol. The lowest BCUT2D eigenvalue weighted by molar-refractivity contribution is 0.467. The molecule has 1 aromatic heterocycles. The number of hydrogen-bond acceptors (Lipinski definition) is 4. The molecule has 8 heteroatoms. The standard InChI is InChI=1S/C20H21BrClN3O2S/c1-2-16-12-23-8-9-24(16)20-13-25(19-7-6-14(21)10-18(19)20)28(26,27)17-5-3-4-15(22)11-17/h3-7,10-11,13,16,23H,2,8-9,12H2,1H3. The minimum atomic E-state index is -3.77. The predicted molar refractivity (Wildman–Crippen MR) is 118 cm³/mol. The summed E-state index contributed by atoms with van der Waals surface area (Å²) in [6.07, 6.45) is 2.73. The number of hydrogen-bond donors (Lipinski definition) is 1. The van der Waals surface area contributed by atoms with Gasteiger partial charge in [-0.25, -0.2) is 12.4 Å². The molecule has 1 aliphatic rings. The Kier molecular flexibility index (Phi) is 5.44. The van der Waals surface area contributed by atoms with E-state index >= 15 is 0 Å². The largest absolute Gasteiger partial charge is 0.364 e. The van der Waals surface area contributed by atoms with Crippen molar-refractivity contribution in [3.8, 4) is 0 Å². The molecule has 0 bridgehead atoms. The fraction of sp³-hybridized carbons (Fsp3) is 0.300. The summed E-state index contributed by atoms with van der Waals surface area (Å²) in [6.45, 7) is 4.75. The van der Waals surface area contributed by atoms with Crippen LogP contribution in [0.2, 0.25) is 5.02 Å². The van der Waals surface area contributed by atoms with Crippen molar-refractivity contribution in [3.05, 3.63) is 58.2 Å². The molecule has 5 nitrogen and oxygen atoms in total. The molecule has 2 heterocycles. The maximum absolute atomic E-state index is 13.4. The van der Waals surface area contributed by atoms with Crippen LogP contribution in [0, 0.1) is 0 Å². The molecule has 0 amide bonds. The maximum Gasteiger partial charge on any atom is 0.268 e. The lowest BCUT2D eigenvalue weighted by Gasteiger charge is -2.37. The van der Waals surface area contributed by atoms with Crippen molar-refractivity contribution in [1.29, 1.82) is 0 Å². The van der Waals surface area contributed by atoms with Gasteiger partial charge in [0.05, 0.1) is 16.1 Å². The number of nitrogens with zero attached hydrogens (tertiary/aromatic N) is 2. The van der Waals surface area contributed by atoms with Crippen molar-refractivity contribution in [2.45, 2.75) is 24.3 Å². The van der Waals surface area contributed by atoms with Crippen molar-refractivity contribution >= 4 is 54.1 Å². The number of anilines is 1. The van der Waals surface area contributed by atoms with Gasteiger partial charge in [0.25, 0.3) is 10.0 Å². The Hall–Kier alpha value is -1.54. The highest BCUT2D eigenvalue weighted by atomic mass is 79.9. The van der Waals surface area contributed by atoms with Gasteiger partial charge in [-0.15, -0.1) is 0 Å². The normalized spacial score (nSPS) is 18.0. The number of rotatable bonds is 4. The first-order valence-electron chi connectivity index (χ1n) is 9.21. The van der Waals surface area contributed by atoms with E-state index in [4.69, 9.17) is 11.6 Å². The number of nitrogens with one attached hydrogen (secondary N) is 1. The molecule has 1 saturated heterocycles. The van der Waals surface area contributed by atoms with Gasteiger partial charge in [-0.05, 0) is 42.8 Å². The van der Waals surface area contributed by atoms with E-state index in [1.807, 2.05) is 18.2 Å². The topological polar surface area (TPSA) is 54.3 Å². The van der Waals surface area contributed by atoms with E-state index in [-0.39, 0.29) is 4.90 Å². The van der Waals surface area contributed by atoms with Gasteiger partial charge in [0.15, 0.2) is 0 Å². The Bertz CT molecular complexity index is 1130. The summed E-state index contributed by atoms with van der Waals surface area (Å²) in [7, 11) is -3.77. The lowest BCUT2D eigenvalue weighted by Crippen LogP contribution is -2.51. The van der Waals surface area contributed by atoms with Crippen LogP contribution in [0.25, 0.3) is 10.9 Å². The van der Waals surface area contributed by atoms with Gasteiger partial charge in [-0.2, -0.15) is 0 Å². The predicted octanol–water partition coefficient (Wildman–Crippen LogP) is 4.48. The number of fused-ring (bicyclic) bond motifs is 1. The molecule has 0 aliphatic carbocycles. The summed E-state index contributed by atoms with van der Waals surface area (Å²) in [5, 5.41) is 4.74. The van der Waals surface area contributed by atoms with Crippen LogP contribution in [-0.4, -0.2) is 38.1 Å². The van der Waals surface area contributed by atoms with E-state index in [9.17, 15) is 8.42 Å². The summed E-state index contributed by atoms with van der Waals surface area (Å²) in [4.78, 5) is 2.49. The quantitative estimate of drug-likeness (QED) is 0.596. The van der Waals surface area contributed by atoms with E-state index in [1.165, 1.54) is 10.0 Å². The van der Waals surface area contributed by atoms with E-state index in [0.717, 1.165) is 41.6 Å². The van der Waals surface area contributed by atoms with Gasteiger partial charge >= 0.3 is 0 Å². The van der Waals surface area contributed by atoms with Crippen LogP contribution >= 0.6 is 27.5 Å². The molecule has 1 aliphatic heterocycles. The molecule has 1 N–H and O–H groups in total. The van der Waals surface area contributed by atoms with Crippen LogP contribution in [-0.2, 0) is 10.0 Å². The monoisotopic (exact) mass is 481 g/mol. The van der Waals surface area contributed by atoms with E-state index < -0.39 is 10.0 Å². The SMILES string of the molecule is CCC1CNCCN1c1cn(S(=O)(=O)c2cccc(Cl)c2)c2ccc(Br)cc12. The van der Waals surface area contributed by atoms with Gasteiger partial charge in [0.1, 0.15) is 0 Å². The first-order valence-corrected chi connectivity index (χ1v) is 11.8. The van der Waals surface area contributed by atoms with E-state index in [0.29, 0.717) is 16.6 Å². The number of piperazine rings is 1. The van der Waals surface area contributed by atoms with Crippen molar-refractivity contribution in [3.63, 3.8) is 0 Å². The molecule has 0 spiro atoms. The third-order valence-corrected chi connectivity index (χ3v) is 7.59. The van der Waals surface area contributed by atoms with Crippen molar-refractivity contribution < 1.29 is 8.42 Å². The Labute approximate surface area is 178 Å². The average molecular weight is 483 g/mol. The second-order valence-electron chi connectivity index (χ2n) is 6.89. The smallest absolute Gasteiger partial charge is 0.268 e. The van der Waals surface area contributed by atoms with Crippen LogP contribution in [0.4, 0.5) is 5.69 Å². The Morgan fingerprint density at radius 3 is 2.82 bits per heavy atom. The number of halogens is 2. The summed E-state index contributed by atoms with van der Waals surface area (Å²) in [5.41, 5.74) is 1.60. The highest BCUT2D eigenvalue weighted by Crippen LogP contribution is 2.35. The van der Waals surface area contributed by atoms with Crippen LogP contribution in [0.3, 0.4) is 0 Å². The second kappa shape index (κ2) is 7.71. The van der Waals surface area contributed by atoms with Crippen molar-refractivity contribution in [1.82, 2.24) is 9.29 Å². The zero-order valence-corrected chi connectivity index (χ0v) is 18.6. The van der Waals surface area contributed by atoms with Gasteiger partial charge in [-0.1, -0.05) is 40.5 Å². The van der Waals surface area contributed by atoms with Gasteiger partial charge in [0.2, 0.25) is 0 Å². The molecule has 148 valence electrons. The summed E-state index contributed by atoms with van der Waals surface area (Å²) in [5.74, 6) is 0. The molecule has 28 heavy (non-hydrogen) atoms. The third kappa shape index (κ3) is 3.45. The molecule has 0 radical (unpaired) electrons. The van der Waals surface area contributed by atoms with Crippen LogP contribution in [0.15, 0.2) is 58.0 Å². The number of benzene rings is 2. The summed E-state index contributed by atoms with van der Waals surface area (Å²) in [6, 6.07) is 12.4. The first kappa shape index (κ1) is 19.8. The van der Waals surface area contributed by atoms with Crippen LogP contribution in [0.5, 0.6) is 0 Å². The van der Waals surface area contributed by atoms with Gasteiger partial charge in [0, 0.05) is 46.8 Å². The molecule has 1 atom stereocenters. The van der Waals surface area contributed by atoms with Crippen LogP contribution < -0.4 is 10.2 Å². The minimum absolute atomic E-state index is 0.179. The third-order valence-electron chi connectivity index (χ3n) is 5.20. The molecule has 1 fully saturated rings. The molecular formula is C20H21BrClN3O2S. The zero-order chi connectivity index (χ0) is 19.9. The molecule has 2 aromatic carbocycles. The van der Waals surface area contributed by atoms with Crippen LogP contribution in [0.1, 0.15) is 13.3 Å². The highest BCUT2D eigenvalue weighted by molar-refractivity contribution is 9.10. The number of aromatic nitrogens is 1. The Morgan fingerprint density at radius 1 is 1.25 bits per heavy atom. The average Bonchev–Trinajstić information content (AvgIpc) is 3.07. The zero-order valence-electron chi connectivity index (χ0n) is 15.4. The lowest BCUT2D eigenvalue weighted by atomic mass is 10.1. The summed E-state index contributed by atoms with van der Waals surface area (Å²) < 4.78 is 29.1.